The Bertz CT molecular complexity index is 1440. The first-order valence-corrected chi connectivity index (χ1v) is 10.6. The molecule has 0 radical (unpaired) electrons. The first-order chi connectivity index (χ1) is 15.1. The van der Waals surface area contributed by atoms with Crippen LogP contribution in [0.25, 0.3) is 21.9 Å². The highest BCUT2D eigenvalue weighted by molar-refractivity contribution is 7.15. The van der Waals surface area contributed by atoms with Crippen LogP contribution in [-0.4, -0.2) is 33.7 Å². The molecule has 4 aromatic rings. The second kappa shape index (κ2) is 7.48. The minimum atomic E-state index is -0.333. The molecule has 8 heteroatoms. The van der Waals surface area contributed by atoms with E-state index in [0.29, 0.717) is 39.8 Å². The van der Waals surface area contributed by atoms with Crippen LogP contribution < -0.4 is 19.7 Å². The van der Waals surface area contributed by atoms with Crippen molar-refractivity contribution in [2.24, 2.45) is 0 Å². The topological polar surface area (TPSA) is 76.8 Å². The zero-order chi connectivity index (χ0) is 21.5. The van der Waals surface area contributed by atoms with Crippen molar-refractivity contribution in [1.82, 2.24) is 14.6 Å². The van der Waals surface area contributed by atoms with E-state index in [9.17, 15) is 9.59 Å². The van der Waals surface area contributed by atoms with Gasteiger partial charge in [-0.25, -0.2) is 0 Å². The van der Waals surface area contributed by atoms with Crippen LogP contribution >= 0.6 is 11.3 Å². The molecule has 31 heavy (non-hydrogen) atoms. The fourth-order valence-electron chi connectivity index (χ4n) is 3.68. The molecule has 1 aliphatic rings. The lowest BCUT2D eigenvalue weighted by Crippen LogP contribution is -2.32. The van der Waals surface area contributed by atoms with E-state index >= 15 is 0 Å². The van der Waals surface area contributed by atoms with Crippen LogP contribution in [0.3, 0.4) is 0 Å². The molecule has 2 aromatic carbocycles. The van der Waals surface area contributed by atoms with Gasteiger partial charge in [0, 0.05) is 17.7 Å². The molecule has 0 fully saturated rings. The Kier molecular flexibility index (Phi) is 4.63. The third-order valence-electron chi connectivity index (χ3n) is 5.10. The van der Waals surface area contributed by atoms with E-state index in [4.69, 9.17) is 4.74 Å². The molecule has 0 unspecified atom stereocenters. The summed E-state index contributed by atoms with van der Waals surface area (Å²) in [6.45, 7) is 6.50. The van der Waals surface area contributed by atoms with E-state index < -0.39 is 0 Å². The van der Waals surface area contributed by atoms with E-state index in [1.165, 1.54) is 15.9 Å². The van der Waals surface area contributed by atoms with Gasteiger partial charge in [-0.2, -0.15) is 9.50 Å². The summed E-state index contributed by atoms with van der Waals surface area (Å²) in [6.07, 6.45) is 1.68. The maximum atomic E-state index is 13.1. The summed E-state index contributed by atoms with van der Waals surface area (Å²) in [6, 6.07) is 14.8. The molecule has 0 bridgehead atoms. The van der Waals surface area contributed by atoms with Crippen molar-refractivity contribution in [1.29, 1.82) is 0 Å². The van der Waals surface area contributed by atoms with E-state index in [1.54, 1.807) is 11.0 Å². The third-order valence-corrected chi connectivity index (χ3v) is 6.13. The van der Waals surface area contributed by atoms with Crippen molar-refractivity contribution in [2.45, 2.75) is 6.92 Å². The van der Waals surface area contributed by atoms with Gasteiger partial charge in [0.15, 0.2) is 5.82 Å². The van der Waals surface area contributed by atoms with Gasteiger partial charge in [0.05, 0.1) is 11.3 Å². The molecule has 0 atom stereocenters. The first-order valence-electron chi connectivity index (χ1n) is 9.81. The molecule has 5 rings (SSSR count). The number of fused-ring (bicyclic) bond motifs is 2. The van der Waals surface area contributed by atoms with Crippen molar-refractivity contribution in [3.8, 4) is 17.1 Å². The minimum Gasteiger partial charge on any atom is -0.490 e. The van der Waals surface area contributed by atoms with Crippen LogP contribution in [-0.2, 0) is 4.79 Å². The number of anilines is 1. The molecule has 1 aliphatic heterocycles. The SMILES string of the molecule is C=CCOc1ccc(-c2nc3s/c(=C4\C(=O)N(CC)c5ccccc54)c(=O)n3n2)cc1. The molecule has 0 saturated carbocycles. The lowest BCUT2D eigenvalue weighted by Gasteiger charge is -2.13. The Morgan fingerprint density at radius 3 is 2.61 bits per heavy atom. The number of ether oxygens (including phenoxy) is 1. The van der Waals surface area contributed by atoms with Crippen LogP contribution in [0.5, 0.6) is 5.75 Å². The molecule has 3 heterocycles. The Labute approximate surface area is 181 Å². The summed E-state index contributed by atoms with van der Waals surface area (Å²) < 4.78 is 7.12. The quantitative estimate of drug-likeness (QED) is 0.455. The second-order valence-electron chi connectivity index (χ2n) is 6.93. The zero-order valence-electron chi connectivity index (χ0n) is 16.7. The van der Waals surface area contributed by atoms with Gasteiger partial charge in [-0.1, -0.05) is 42.2 Å². The van der Waals surface area contributed by atoms with Crippen LogP contribution in [0.4, 0.5) is 5.69 Å². The van der Waals surface area contributed by atoms with Crippen molar-refractivity contribution in [3.05, 3.63) is 81.6 Å². The number of aromatic nitrogens is 3. The largest absolute Gasteiger partial charge is 0.490 e. The summed E-state index contributed by atoms with van der Waals surface area (Å²) in [5, 5.41) is 4.39. The average Bonchev–Trinajstić information content (AvgIpc) is 3.42. The smallest absolute Gasteiger partial charge is 0.291 e. The third kappa shape index (κ3) is 3.03. The Morgan fingerprint density at radius 2 is 1.90 bits per heavy atom. The number of hydrogen-bond donors (Lipinski definition) is 0. The lowest BCUT2D eigenvalue weighted by atomic mass is 10.1. The number of amides is 1. The van der Waals surface area contributed by atoms with Gasteiger partial charge in [0.1, 0.15) is 16.9 Å². The van der Waals surface area contributed by atoms with Gasteiger partial charge in [0.2, 0.25) is 4.96 Å². The van der Waals surface area contributed by atoms with Gasteiger partial charge in [0.25, 0.3) is 11.5 Å². The second-order valence-corrected chi connectivity index (χ2v) is 7.91. The Balaban J connectivity index is 1.60. The van der Waals surface area contributed by atoms with E-state index in [2.05, 4.69) is 16.7 Å². The lowest BCUT2D eigenvalue weighted by molar-refractivity contribution is -0.113. The molecule has 0 aliphatic carbocycles. The maximum Gasteiger partial charge on any atom is 0.291 e. The van der Waals surface area contributed by atoms with Crippen molar-refractivity contribution in [2.75, 3.05) is 18.1 Å². The summed E-state index contributed by atoms with van der Waals surface area (Å²) in [5.74, 6) is 0.996. The van der Waals surface area contributed by atoms with Crippen molar-refractivity contribution in [3.63, 3.8) is 0 Å². The summed E-state index contributed by atoms with van der Waals surface area (Å²) >= 11 is 1.19. The highest BCUT2D eigenvalue weighted by Crippen LogP contribution is 2.34. The van der Waals surface area contributed by atoms with Crippen LogP contribution in [0.1, 0.15) is 12.5 Å². The van der Waals surface area contributed by atoms with E-state index in [-0.39, 0.29) is 11.5 Å². The van der Waals surface area contributed by atoms with Gasteiger partial charge < -0.3 is 9.64 Å². The van der Waals surface area contributed by atoms with Gasteiger partial charge >= 0.3 is 0 Å². The molecule has 0 saturated heterocycles. The summed E-state index contributed by atoms with van der Waals surface area (Å²) in [4.78, 5) is 32.8. The fraction of sp³-hybridized carbons (Fsp3) is 0.130. The van der Waals surface area contributed by atoms with Crippen molar-refractivity contribution >= 4 is 33.5 Å². The summed E-state index contributed by atoms with van der Waals surface area (Å²) in [5.41, 5.74) is 2.45. The molecular weight excluding hydrogens is 412 g/mol. The van der Waals surface area contributed by atoms with E-state index in [0.717, 1.165) is 16.8 Å². The van der Waals surface area contributed by atoms with Crippen LogP contribution in [0.15, 0.2) is 66.0 Å². The molecule has 2 aromatic heterocycles. The number of hydrogen-bond acceptors (Lipinski definition) is 6. The molecule has 0 N–H and O–H groups in total. The molecule has 7 nitrogen and oxygen atoms in total. The fourth-order valence-corrected chi connectivity index (χ4v) is 4.67. The van der Waals surface area contributed by atoms with Crippen LogP contribution in [0, 0.1) is 0 Å². The number of likely N-dealkylation sites (N-methyl/N-ethyl adjacent to an activating group) is 1. The summed E-state index contributed by atoms with van der Waals surface area (Å²) in [7, 11) is 0. The predicted molar refractivity (Wildman–Crippen MR) is 120 cm³/mol. The number of nitrogens with zero attached hydrogens (tertiary/aromatic N) is 4. The van der Waals surface area contributed by atoms with E-state index in [1.807, 2.05) is 55.5 Å². The Hall–Kier alpha value is -3.78. The maximum absolute atomic E-state index is 13.1. The molecule has 1 amide bonds. The number of carbonyl (C=O) groups excluding carboxylic acids is 1. The average molecular weight is 430 g/mol. The van der Waals surface area contributed by atoms with Crippen molar-refractivity contribution < 1.29 is 9.53 Å². The molecular formula is C23H18N4O3S. The number of carbonyl (C=O) groups is 1. The highest BCUT2D eigenvalue weighted by atomic mass is 32.1. The normalized spacial score (nSPS) is 14.9. The molecule has 0 spiro atoms. The van der Waals surface area contributed by atoms with Gasteiger partial charge in [-0.05, 0) is 37.3 Å². The first kappa shape index (κ1) is 19.2. The van der Waals surface area contributed by atoms with Crippen LogP contribution in [0.2, 0.25) is 0 Å². The highest BCUT2D eigenvalue weighted by Gasteiger charge is 2.33. The zero-order valence-corrected chi connectivity index (χ0v) is 17.6. The number of rotatable bonds is 5. The monoisotopic (exact) mass is 430 g/mol. The number of benzene rings is 2. The van der Waals surface area contributed by atoms with Gasteiger partial charge in [-0.15, -0.1) is 5.10 Å². The number of thiazole rings is 1. The standard InChI is InChI=1S/C23H18N4O3S/c1-3-13-30-15-11-9-14(10-12-15)20-24-23-27(25-20)22(29)19(31-23)18-16-7-5-6-8-17(16)26(4-2)21(18)28/h3,5-12H,1,4,13H2,2H3/b19-18-. The van der Waals surface area contributed by atoms with Gasteiger partial charge in [-0.3, -0.25) is 9.59 Å². The Morgan fingerprint density at radius 1 is 1.13 bits per heavy atom. The predicted octanol–water partition coefficient (Wildman–Crippen LogP) is 2.67. The number of para-hydroxylation sites is 1. The molecule has 154 valence electrons. The minimum absolute atomic E-state index is 0.166.